The minimum absolute atomic E-state index is 0. The Bertz CT molecular complexity index is 845. The maximum atomic E-state index is 10.7. The summed E-state index contributed by atoms with van der Waals surface area (Å²) in [6.45, 7) is 5.52. The summed E-state index contributed by atoms with van der Waals surface area (Å²) in [5, 5.41) is 23.3. The Morgan fingerprint density at radius 2 is 2.00 bits per heavy atom. The van der Waals surface area contributed by atoms with Crippen LogP contribution in [0.5, 0.6) is 0 Å². The molecule has 0 aliphatic rings. The third-order valence-corrected chi connectivity index (χ3v) is 5.24. The lowest BCUT2D eigenvalue weighted by atomic mass is 10.1. The van der Waals surface area contributed by atoms with Gasteiger partial charge in [0, 0.05) is 23.8 Å². The van der Waals surface area contributed by atoms with Crippen LogP contribution in [0, 0.1) is 0 Å². The van der Waals surface area contributed by atoms with Gasteiger partial charge in [-0.1, -0.05) is 18.2 Å². The monoisotopic (exact) mass is 511 g/mol. The summed E-state index contributed by atoms with van der Waals surface area (Å²) in [5.74, 6) is 0.686. The van der Waals surface area contributed by atoms with E-state index in [-0.39, 0.29) is 24.0 Å². The fourth-order valence-electron chi connectivity index (χ4n) is 2.62. The van der Waals surface area contributed by atoms with E-state index in [1.807, 2.05) is 72.6 Å². The number of benzene rings is 1. The molecule has 0 aliphatic carbocycles. The van der Waals surface area contributed by atoms with Crippen molar-refractivity contribution in [2.45, 2.75) is 26.0 Å². The van der Waals surface area contributed by atoms with Crippen molar-refractivity contribution in [2.75, 3.05) is 13.1 Å². The number of nitrogens with one attached hydrogen (secondary N) is 2. The second kappa shape index (κ2) is 10.6. The van der Waals surface area contributed by atoms with Gasteiger partial charge in [-0.3, -0.25) is 0 Å². The number of halogens is 1. The van der Waals surface area contributed by atoms with Crippen molar-refractivity contribution in [2.24, 2.45) is 4.99 Å². The number of guanidine groups is 1. The predicted molar refractivity (Wildman–Crippen MR) is 126 cm³/mol. The predicted octanol–water partition coefficient (Wildman–Crippen LogP) is 3.51. The second-order valence-electron chi connectivity index (χ2n) is 6.42. The molecule has 0 amide bonds. The average molecular weight is 511 g/mol. The highest BCUT2D eigenvalue weighted by molar-refractivity contribution is 14.0. The van der Waals surface area contributed by atoms with E-state index in [9.17, 15) is 5.11 Å². The summed E-state index contributed by atoms with van der Waals surface area (Å²) in [6, 6.07) is 13.9. The fourth-order valence-corrected chi connectivity index (χ4v) is 3.40. The molecule has 2 aromatic heterocycles. The first-order valence-corrected chi connectivity index (χ1v) is 9.84. The maximum Gasteiger partial charge on any atom is 0.191 e. The minimum atomic E-state index is -0.935. The SMILES string of the molecule is CCNC(=NCc1ccc(-n2cccn2)cc1)NCC(C)(O)c1cccs1.I. The number of hydrogen-bond acceptors (Lipinski definition) is 4. The van der Waals surface area contributed by atoms with Crippen molar-refractivity contribution in [3.63, 3.8) is 0 Å². The lowest BCUT2D eigenvalue weighted by Crippen LogP contribution is -2.44. The largest absolute Gasteiger partial charge is 0.383 e. The van der Waals surface area contributed by atoms with Gasteiger partial charge in [-0.2, -0.15) is 5.10 Å². The number of hydrogen-bond donors (Lipinski definition) is 3. The van der Waals surface area contributed by atoms with Gasteiger partial charge in [0.15, 0.2) is 5.96 Å². The Kier molecular flexibility index (Phi) is 8.46. The standard InChI is InChI=1S/C20H25N5OS.HI/c1-3-21-19(23-15-20(2,26)18-6-4-13-27-18)22-14-16-7-9-17(10-8-16)25-12-5-11-24-25;/h4-13,26H,3,14-15H2,1-2H3,(H2,21,22,23);1H. The molecular weight excluding hydrogens is 485 g/mol. The van der Waals surface area contributed by atoms with E-state index in [1.54, 1.807) is 17.5 Å². The Balaban J connectivity index is 0.00000280. The van der Waals surface area contributed by atoms with Crippen molar-refractivity contribution in [1.29, 1.82) is 0 Å². The van der Waals surface area contributed by atoms with Gasteiger partial charge in [0.2, 0.25) is 0 Å². The van der Waals surface area contributed by atoms with Crippen molar-refractivity contribution >= 4 is 41.3 Å². The first-order chi connectivity index (χ1) is 13.1. The molecular formula is C20H26IN5OS. The summed E-state index contributed by atoms with van der Waals surface area (Å²) >= 11 is 1.55. The van der Waals surface area contributed by atoms with Crippen LogP contribution in [0.25, 0.3) is 5.69 Å². The lowest BCUT2D eigenvalue weighted by Gasteiger charge is -2.23. The highest BCUT2D eigenvalue weighted by atomic mass is 127. The molecule has 150 valence electrons. The molecule has 1 aromatic carbocycles. The zero-order chi connectivity index (χ0) is 19.1. The van der Waals surface area contributed by atoms with E-state index >= 15 is 0 Å². The van der Waals surface area contributed by atoms with E-state index in [2.05, 4.69) is 20.7 Å². The van der Waals surface area contributed by atoms with Gasteiger partial charge in [-0.05, 0) is 49.1 Å². The second-order valence-corrected chi connectivity index (χ2v) is 7.36. The van der Waals surface area contributed by atoms with Crippen molar-refractivity contribution in [3.05, 3.63) is 70.7 Å². The molecule has 0 bridgehead atoms. The molecule has 1 unspecified atom stereocenters. The van der Waals surface area contributed by atoms with Crippen molar-refractivity contribution in [3.8, 4) is 5.69 Å². The molecule has 0 saturated carbocycles. The zero-order valence-electron chi connectivity index (χ0n) is 16.0. The number of aliphatic hydroxyl groups is 1. The van der Waals surface area contributed by atoms with Gasteiger partial charge in [-0.15, -0.1) is 35.3 Å². The van der Waals surface area contributed by atoms with E-state index in [1.165, 1.54) is 0 Å². The molecule has 3 rings (SSSR count). The minimum Gasteiger partial charge on any atom is -0.383 e. The third kappa shape index (κ3) is 6.05. The molecule has 1 atom stereocenters. The molecule has 0 saturated heterocycles. The van der Waals surface area contributed by atoms with Crippen LogP contribution >= 0.6 is 35.3 Å². The number of nitrogens with zero attached hydrogens (tertiary/aromatic N) is 3. The van der Waals surface area contributed by atoms with Gasteiger partial charge in [0.25, 0.3) is 0 Å². The number of aliphatic imine (C=N–C) groups is 1. The van der Waals surface area contributed by atoms with Crippen LogP contribution in [0.15, 0.2) is 65.2 Å². The van der Waals surface area contributed by atoms with Crippen molar-refractivity contribution in [1.82, 2.24) is 20.4 Å². The third-order valence-electron chi connectivity index (χ3n) is 4.12. The maximum absolute atomic E-state index is 10.7. The van der Waals surface area contributed by atoms with E-state index in [0.717, 1.165) is 22.7 Å². The van der Waals surface area contributed by atoms with Crippen LogP contribution in [0.1, 0.15) is 24.3 Å². The molecule has 3 aromatic rings. The van der Waals surface area contributed by atoms with Gasteiger partial charge >= 0.3 is 0 Å². The van der Waals surface area contributed by atoms with E-state index in [0.29, 0.717) is 19.0 Å². The quantitative estimate of drug-likeness (QED) is 0.258. The van der Waals surface area contributed by atoms with E-state index in [4.69, 9.17) is 0 Å². The first kappa shape index (κ1) is 22.4. The van der Waals surface area contributed by atoms with Crippen LogP contribution in [0.2, 0.25) is 0 Å². The Morgan fingerprint density at radius 3 is 2.61 bits per heavy atom. The van der Waals surface area contributed by atoms with Gasteiger partial charge in [0.05, 0.1) is 18.8 Å². The van der Waals surface area contributed by atoms with Gasteiger partial charge < -0.3 is 15.7 Å². The molecule has 3 N–H and O–H groups in total. The summed E-state index contributed by atoms with van der Waals surface area (Å²) in [4.78, 5) is 5.56. The van der Waals surface area contributed by atoms with Crippen LogP contribution in [0.4, 0.5) is 0 Å². The summed E-state index contributed by atoms with van der Waals surface area (Å²) < 4.78 is 1.82. The summed E-state index contributed by atoms with van der Waals surface area (Å²) in [7, 11) is 0. The molecule has 0 spiro atoms. The van der Waals surface area contributed by atoms with E-state index < -0.39 is 5.60 Å². The molecule has 8 heteroatoms. The Hall–Kier alpha value is -1.91. The first-order valence-electron chi connectivity index (χ1n) is 8.96. The van der Waals surface area contributed by atoms with Crippen LogP contribution in [-0.4, -0.2) is 33.9 Å². The molecule has 28 heavy (non-hydrogen) atoms. The molecule has 6 nitrogen and oxygen atoms in total. The lowest BCUT2D eigenvalue weighted by molar-refractivity contribution is 0.0655. The smallest absolute Gasteiger partial charge is 0.191 e. The fraction of sp³-hybridized carbons (Fsp3) is 0.300. The normalized spacial score (nSPS) is 13.5. The van der Waals surface area contributed by atoms with Crippen LogP contribution < -0.4 is 10.6 Å². The Morgan fingerprint density at radius 1 is 1.21 bits per heavy atom. The molecule has 0 fully saturated rings. The van der Waals surface area contributed by atoms with Gasteiger partial charge in [0.1, 0.15) is 5.60 Å². The van der Waals surface area contributed by atoms with Crippen LogP contribution in [0.3, 0.4) is 0 Å². The van der Waals surface area contributed by atoms with Crippen LogP contribution in [-0.2, 0) is 12.1 Å². The molecule has 0 radical (unpaired) electrons. The Labute approximate surface area is 186 Å². The average Bonchev–Trinajstić information content (AvgIpc) is 3.39. The summed E-state index contributed by atoms with van der Waals surface area (Å²) in [6.07, 6.45) is 3.68. The molecule has 2 heterocycles. The number of rotatable bonds is 7. The highest BCUT2D eigenvalue weighted by Crippen LogP contribution is 2.24. The van der Waals surface area contributed by atoms with Gasteiger partial charge in [-0.25, -0.2) is 9.67 Å². The molecule has 0 aliphatic heterocycles. The van der Waals surface area contributed by atoms with Crippen molar-refractivity contribution < 1.29 is 5.11 Å². The zero-order valence-corrected chi connectivity index (χ0v) is 19.1. The number of thiophene rings is 1. The number of aromatic nitrogens is 2. The highest BCUT2D eigenvalue weighted by Gasteiger charge is 2.24. The summed E-state index contributed by atoms with van der Waals surface area (Å²) in [5.41, 5.74) is 1.19. The topological polar surface area (TPSA) is 74.5 Å².